The van der Waals surface area contributed by atoms with Gasteiger partial charge in [0.25, 0.3) is 0 Å². The van der Waals surface area contributed by atoms with Gasteiger partial charge in [-0.15, -0.1) is 24.0 Å². The normalized spacial score (nSPS) is 14.7. The Bertz CT molecular complexity index is 581. The lowest BCUT2D eigenvalue weighted by molar-refractivity contribution is 0.0203. The first-order valence-electron chi connectivity index (χ1n) is 11.2. The molecule has 0 bridgehead atoms. The van der Waals surface area contributed by atoms with Crippen molar-refractivity contribution >= 4 is 29.9 Å². The number of ether oxygens (including phenoxy) is 4. The van der Waals surface area contributed by atoms with Gasteiger partial charge < -0.3 is 29.6 Å². The first kappa shape index (κ1) is 27.9. The fraction of sp³-hybridized carbons (Fsp3) is 0.696. The number of nitrogens with zero attached hydrogens (tertiary/aromatic N) is 1. The van der Waals surface area contributed by atoms with Crippen molar-refractivity contribution in [1.29, 1.82) is 0 Å². The fourth-order valence-corrected chi connectivity index (χ4v) is 3.15. The van der Waals surface area contributed by atoms with E-state index in [9.17, 15) is 0 Å². The van der Waals surface area contributed by atoms with E-state index in [-0.39, 0.29) is 24.0 Å². The molecule has 0 aromatic heterocycles. The van der Waals surface area contributed by atoms with Crippen molar-refractivity contribution < 1.29 is 18.9 Å². The summed E-state index contributed by atoms with van der Waals surface area (Å²) >= 11 is 0. The van der Waals surface area contributed by atoms with Crippen molar-refractivity contribution in [2.45, 2.75) is 39.2 Å². The Hall–Kier alpha value is -1.10. The van der Waals surface area contributed by atoms with Crippen LogP contribution < -0.4 is 15.4 Å². The lowest BCUT2D eigenvalue weighted by atomic mass is 10.0. The number of rotatable bonds is 14. The average molecular weight is 549 g/mol. The molecule has 0 radical (unpaired) electrons. The molecule has 178 valence electrons. The molecule has 0 amide bonds. The minimum atomic E-state index is 0. The predicted molar refractivity (Wildman–Crippen MR) is 136 cm³/mol. The molecule has 1 aromatic rings. The van der Waals surface area contributed by atoms with E-state index in [1.54, 1.807) is 7.11 Å². The first-order chi connectivity index (χ1) is 14.8. The van der Waals surface area contributed by atoms with Crippen LogP contribution in [0.3, 0.4) is 0 Å². The zero-order chi connectivity index (χ0) is 21.3. The molecule has 0 spiro atoms. The Morgan fingerprint density at radius 3 is 2.29 bits per heavy atom. The molecular weight excluding hydrogens is 509 g/mol. The summed E-state index contributed by atoms with van der Waals surface area (Å²) in [6.45, 7) is 9.16. The lowest BCUT2D eigenvalue weighted by Gasteiger charge is -2.21. The van der Waals surface area contributed by atoms with E-state index in [2.05, 4.69) is 10.6 Å². The van der Waals surface area contributed by atoms with E-state index in [0.29, 0.717) is 12.5 Å². The van der Waals surface area contributed by atoms with Gasteiger partial charge in [-0.05, 0) is 56.2 Å². The van der Waals surface area contributed by atoms with Gasteiger partial charge in [-0.3, -0.25) is 0 Å². The maximum Gasteiger partial charge on any atom is 0.191 e. The van der Waals surface area contributed by atoms with Gasteiger partial charge in [0.2, 0.25) is 0 Å². The Morgan fingerprint density at radius 1 is 1.03 bits per heavy atom. The minimum Gasteiger partial charge on any atom is -0.497 e. The van der Waals surface area contributed by atoms with Gasteiger partial charge in [0.05, 0.1) is 13.7 Å². The Kier molecular flexibility index (Phi) is 16.6. The molecule has 1 heterocycles. The van der Waals surface area contributed by atoms with Crippen molar-refractivity contribution in [2.75, 3.05) is 59.8 Å². The van der Waals surface area contributed by atoms with E-state index in [1.807, 2.05) is 31.2 Å². The Labute approximate surface area is 204 Å². The van der Waals surface area contributed by atoms with Crippen LogP contribution >= 0.6 is 24.0 Å². The van der Waals surface area contributed by atoms with Crippen molar-refractivity contribution in [2.24, 2.45) is 10.9 Å². The van der Waals surface area contributed by atoms with Gasteiger partial charge in [0.1, 0.15) is 5.75 Å². The zero-order valence-electron chi connectivity index (χ0n) is 19.1. The highest BCUT2D eigenvalue weighted by Gasteiger charge is 2.13. The average Bonchev–Trinajstić information content (AvgIpc) is 2.80. The largest absolute Gasteiger partial charge is 0.497 e. The highest BCUT2D eigenvalue weighted by atomic mass is 127. The second-order valence-corrected chi connectivity index (χ2v) is 7.40. The van der Waals surface area contributed by atoms with E-state index in [4.69, 9.17) is 23.9 Å². The monoisotopic (exact) mass is 549 g/mol. The number of methoxy groups -OCH3 is 1. The van der Waals surface area contributed by atoms with Crippen LogP contribution in [0.5, 0.6) is 5.75 Å². The molecule has 31 heavy (non-hydrogen) atoms. The summed E-state index contributed by atoms with van der Waals surface area (Å²) < 4.78 is 21.9. The molecule has 1 aromatic carbocycles. The number of nitrogens with one attached hydrogen (secondary N) is 2. The van der Waals surface area contributed by atoms with Crippen molar-refractivity contribution in [3.8, 4) is 5.75 Å². The molecule has 0 atom stereocenters. The summed E-state index contributed by atoms with van der Waals surface area (Å²) in [5, 5.41) is 6.81. The number of hydrogen-bond donors (Lipinski definition) is 2. The van der Waals surface area contributed by atoms with Gasteiger partial charge in [-0.2, -0.15) is 0 Å². The fourth-order valence-electron chi connectivity index (χ4n) is 3.15. The summed E-state index contributed by atoms with van der Waals surface area (Å²) in [5.74, 6) is 2.34. The topological polar surface area (TPSA) is 73.3 Å². The third kappa shape index (κ3) is 13.1. The molecule has 0 aliphatic carbocycles. The second kappa shape index (κ2) is 18.5. The smallest absolute Gasteiger partial charge is 0.191 e. The van der Waals surface area contributed by atoms with Crippen LogP contribution in [-0.4, -0.2) is 65.8 Å². The first-order valence-corrected chi connectivity index (χ1v) is 11.2. The Morgan fingerprint density at radius 2 is 1.68 bits per heavy atom. The molecule has 1 aliphatic rings. The van der Waals surface area contributed by atoms with Gasteiger partial charge in [-0.1, -0.05) is 12.1 Å². The summed E-state index contributed by atoms with van der Waals surface area (Å²) in [6, 6.07) is 8.00. The predicted octanol–water partition coefficient (Wildman–Crippen LogP) is 3.61. The van der Waals surface area contributed by atoms with Crippen LogP contribution in [0.2, 0.25) is 0 Å². The number of aliphatic imine (C=N–C) groups is 1. The molecule has 2 N–H and O–H groups in total. The third-order valence-electron chi connectivity index (χ3n) is 4.99. The van der Waals surface area contributed by atoms with Crippen LogP contribution in [0.15, 0.2) is 29.3 Å². The summed E-state index contributed by atoms with van der Waals surface area (Å²) in [4.78, 5) is 4.72. The number of halogens is 1. The standard InChI is InChI=1S/C23H39N3O4.HI/c1-3-28-14-4-12-24-23(26-18-20-6-8-22(27-2)9-7-20)25-13-5-15-30-19-21-10-16-29-17-11-21;/h6-9,21H,3-5,10-19H2,1-2H3,(H2,24,25,26);1H. The maximum atomic E-state index is 5.85. The lowest BCUT2D eigenvalue weighted by Crippen LogP contribution is -2.39. The number of guanidine groups is 1. The zero-order valence-corrected chi connectivity index (χ0v) is 21.4. The molecule has 8 heteroatoms. The van der Waals surface area contributed by atoms with Crippen LogP contribution in [0, 0.1) is 5.92 Å². The highest BCUT2D eigenvalue weighted by Crippen LogP contribution is 2.14. The van der Waals surface area contributed by atoms with Gasteiger partial charge >= 0.3 is 0 Å². The van der Waals surface area contributed by atoms with E-state index in [0.717, 1.165) is 95.7 Å². The maximum absolute atomic E-state index is 5.85. The van der Waals surface area contributed by atoms with Gasteiger partial charge in [-0.25, -0.2) is 4.99 Å². The molecular formula is C23H40IN3O4. The summed E-state index contributed by atoms with van der Waals surface area (Å²) in [7, 11) is 1.68. The number of hydrogen-bond acceptors (Lipinski definition) is 5. The number of benzene rings is 1. The minimum absolute atomic E-state index is 0. The molecule has 1 saturated heterocycles. The van der Waals surface area contributed by atoms with Crippen molar-refractivity contribution in [3.05, 3.63) is 29.8 Å². The highest BCUT2D eigenvalue weighted by molar-refractivity contribution is 14.0. The summed E-state index contributed by atoms with van der Waals surface area (Å²) in [5.41, 5.74) is 1.14. The third-order valence-corrected chi connectivity index (χ3v) is 4.99. The van der Waals surface area contributed by atoms with E-state index < -0.39 is 0 Å². The molecule has 1 aliphatic heterocycles. The van der Waals surface area contributed by atoms with E-state index in [1.165, 1.54) is 0 Å². The van der Waals surface area contributed by atoms with E-state index >= 15 is 0 Å². The molecule has 0 saturated carbocycles. The van der Waals surface area contributed by atoms with Gasteiger partial charge in [0, 0.05) is 52.7 Å². The van der Waals surface area contributed by atoms with Crippen LogP contribution in [0.1, 0.15) is 38.2 Å². The Balaban J connectivity index is 0.00000480. The van der Waals surface area contributed by atoms with Crippen molar-refractivity contribution in [3.63, 3.8) is 0 Å². The van der Waals surface area contributed by atoms with Crippen LogP contribution in [0.4, 0.5) is 0 Å². The van der Waals surface area contributed by atoms with Crippen LogP contribution in [-0.2, 0) is 20.8 Å². The molecule has 0 unspecified atom stereocenters. The van der Waals surface area contributed by atoms with Crippen LogP contribution in [0.25, 0.3) is 0 Å². The SMILES string of the molecule is CCOCCCNC(=NCc1ccc(OC)cc1)NCCCOCC1CCOCC1.I. The second-order valence-electron chi connectivity index (χ2n) is 7.40. The van der Waals surface area contributed by atoms with Gasteiger partial charge in [0.15, 0.2) is 5.96 Å². The molecule has 2 rings (SSSR count). The molecule has 7 nitrogen and oxygen atoms in total. The van der Waals surface area contributed by atoms with Crippen molar-refractivity contribution in [1.82, 2.24) is 10.6 Å². The quantitative estimate of drug-likeness (QED) is 0.160. The summed E-state index contributed by atoms with van der Waals surface area (Å²) in [6.07, 6.45) is 4.13. The molecule has 1 fully saturated rings.